The number of rotatable bonds is 8. The number of nitrogens with zero attached hydrogens (tertiary/aromatic N) is 2. The van der Waals surface area contributed by atoms with Gasteiger partial charge >= 0.3 is 6.18 Å². The molecule has 2 heterocycles. The second kappa shape index (κ2) is 11.0. The van der Waals surface area contributed by atoms with Gasteiger partial charge in [0, 0.05) is 30.2 Å². The molecule has 4 aromatic rings. The fraction of sp³-hybridized carbons (Fsp3) is 0.148. The minimum atomic E-state index is -4.59. The van der Waals surface area contributed by atoms with Crippen LogP contribution in [0.4, 0.5) is 26.3 Å². The molecule has 1 atom stereocenters. The number of alkyl halides is 3. The summed E-state index contributed by atoms with van der Waals surface area (Å²) >= 11 is 0. The molecule has 0 radical (unpaired) electrons. The maximum Gasteiger partial charge on any atom is 0.417 e. The van der Waals surface area contributed by atoms with Crippen molar-refractivity contribution in [2.75, 3.05) is 0 Å². The summed E-state index contributed by atoms with van der Waals surface area (Å²) in [5, 5.41) is 2.66. The molecule has 0 saturated heterocycles. The summed E-state index contributed by atoms with van der Waals surface area (Å²) in [6, 6.07) is 9.32. The summed E-state index contributed by atoms with van der Waals surface area (Å²) in [6.07, 6.45) is -1.49. The number of hydrogen-bond acceptors (Lipinski definition) is 3. The standard InChI is InChI=1S/C27H20F6N4O2/c28-18-8-15(9-19(29)12-18)10-23(36-24(38)14-37-7-5-17(13-37)27(31,32)33)25-20(2-1-6-35-25)16-3-4-22(30)21(11-16)26(34)39/h1-9,11-13,23H,10,14H2,(H2,34,39)(H,36,38)/t23-/m0/s1. The highest BCUT2D eigenvalue weighted by Crippen LogP contribution is 2.31. The van der Waals surface area contributed by atoms with Crippen LogP contribution in [0.3, 0.4) is 0 Å². The predicted molar refractivity (Wildman–Crippen MR) is 129 cm³/mol. The number of amides is 2. The molecule has 2 aromatic heterocycles. The Labute approximate surface area is 218 Å². The lowest BCUT2D eigenvalue weighted by Gasteiger charge is -2.22. The highest BCUT2D eigenvalue weighted by atomic mass is 19.4. The Balaban J connectivity index is 1.71. The summed E-state index contributed by atoms with van der Waals surface area (Å²) in [6.45, 7) is -0.491. The van der Waals surface area contributed by atoms with Gasteiger partial charge in [-0.1, -0.05) is 12.1 Å². The van der Waals surface area contributed by atoms with Gasteiger partial charge < -0.3 is 15.6 Å². The van der Waals surface area contributed by atoms with Crippen LogP contribution in [0, 0.1) is 17.5 Å². The summed E-state index contributed by atoms with van der Waals surface area (Å²) in [5.41, 5.74) is 4.96. The fourth-order valence-corrected chi connectivity index (χ4v) is 4.11. The number of nitrogens with two attached hydrogens (primary N) is 1. The van der Waals surface area contributed by atoms with Gasteiger partial charge in [0.15, 0.2) is 0 Å². The summed E-state index contributed by atoms with van der Waals surface area (Å²) in [5.74, 6) is -4.28. The zero-order chi connectivity index (χ0) is 28.3. The molecule has 202 valence electrons. The molecular weight excluding hydrogens is 526 g/mol. The Morgan fingerprint density at radius 3 is 2.36 bits per heavy atom. The maximum absolute atomic E-state index is 14.1. The molecule has 3 N–H and O–H groups in total. The van der Waals surface area contributed by atoms with E-state index in [0.29, 0.717) is 17.2 Å². The van der Waals surface area contributed by atoms with Gasteiger partial charge in [0.1, 0.15) is 24.0 Å². The highest BCUT2D eigenvalue weighted by molar-refractivity contribution is 5.94. The van der Waals surface area contributed by atoms with Crippen molar-refractivity contribution in [1.82, 2.24) is 14.9 Å². The zero-order valence-electron chi connectivity index (χ0n) is 20.0. The average molecular weight is 546 g/mol. The second-order valence-electron chi connectivity index (χ2n) is 8.67. The number of hydrogen-bond donors (Lipinski definition) is 2. The predicted octanol–water partition coefficient (Wildman–Crippen LogP) is 5.19. The van der Waals surface area contributed by atoms with Crippen molar-refractivity contribution < 1.29 is 35.9 Å². The number of pyridine rings is 1. The van der Waals surface area contributed by atoms with Gasteiger partial charge in [-0.2, -0.15) is 13.2 Å². The van der Waals surface area contributed by atoms with Crippen LogP contribution in [0.2, 0.25) is 0 Å². The normalized spacial score (nSPS) is 12.3. The topological polar surface area (TPSA) is 90.0 Å². The van der Waals surface area contributed by atoms with E-state index in [1.54, 1.807) is 12.1 Å². The van der Waals surface area contributed by atoms with Crippen molar-refractivity contribution in [3.63, 3.8) is 0 Å². The maximum atomic E-state index is 14.1. The monoisotopic (exact) mass is 546 g/mol. The van der Waals surface area contributed by atoms with Gasteiger partial charge in [0.05, 0.1) is 22.9 Å². The van der Waals surface area contributed by atoms with Crippen LogP contribution in [-0.4, -0.2) is 21.4 Å². The Bertz CT molecular complexity index is 1510. The molecule has 0 aliphatic rings. The van der Waals surface area contributed by atoms with Crippen molar-refractivity contribution in [3.05, 3.63) is 113 Å². The van der Waals surface area contributed by atoms with Gasteiger partial charge in [-0.15, -0.1) is 0 Å². The van der Waals surface area contributed by atoms with E-state index in [2.05, 4.69) is 10.3 Å². The fourth-order valence-electron chi connectivity index (χ4n) is 4.11. The van der Waals surface area contributed by atoms with Gasteiger partial charge in [-0.3, -0.25) is 14.6 Å². The Morgan fingerprint density at radius 1 is 1.00 bits per heavy atom. The van der Waals surface area contributed by atoms with Crippen LogP contribution < -0.4 is 11.1 Å². The lowest BCUT2D eigenvalue weighted by atomic mass is 9.94. The second-order valence-corrected chi connectivity index (χ2v) is 8.67. The van der Waals surface area contributed by atoms with Crippen LogP contribution in [-0.2, 0) is 23.9 Å². The number of benzene rings is 2. The molecule has 0 unspecified atom stereocenters. The molecule has 6 nitrogen and oxygen atoms in total. The first-order valence-corrected chi connectivity index (χ1v) is 11.4. The average Bonchev–Trinajstić information content (AvgIpc) is 3.32. The van der Waals surface area contributed by atoms with Gasteiger partial charge in [-0.05, 0) is 53.9 Å². The van der Waals surface area contributed by atoms with Crippen LogP contribution in [0.5, 0.6) is 0 Å². The van der Waals surface area contributed by atoms with Crippen molar-refractivity contribution in [2.45, 2.75) is 25.2 Å². The van der Waals surface area contributed by atoms with E-state index >= 15 is 0 Å². The Kier molecular flexibility index (Phi) is 7.75. The molecule has 0 aliphatic heterocycles. The smallest absolute Gasteiger partial charge is 0.366 e. The number of carbonyl (C=O) groups is 2. The van der Waals surface area contributed by atoms with E-state index in [1.165, 1.54) is 18.3 Å². The first kappa shape index (κ1) is 27.4. The van der Waals surface area contributed by atoms with Crippen LogP contribution >= 0.6 is 0 Å². The lowest BCUT2D eigenvalue weighted by molar-refractivity contribution is -0.137. The van der Waals surface area contributed by atoms with Crippen molar-refractivity contribution in [2.24, 2.45) is 5.73 Å². The minimum absolute atomic E-state index is 0.159. The Hall–Kier alpha value is -4.61. The highest BCUT2D eigenvalue weighted by Gasteiger charge is 2.31. The number of aromatic nitrogens is 2. The van der Waals surface area contributed by atoms with Gasteiger partial charge in [0.2, 0.25) is 5.91 Å². The van der Waals surface area contributed by atoms with Gasteiger partial charge in [0.25, 0.3) is 5.91 Å². The number of primary amides is 1. The van der Waals surface area contributed by atoms with Crippen molar-refractivity contribution >= 4 is 11.8 Å². The first-order valence-electron chi connectivity index (χ1n) is 11.4. The van der Waals surface area contributed by atoms with Crippen molar-refractivity contribution in [3.8, 4) is 11.1 Å². The third kappa shape index (κ3) is 6.64. The first-order chi connectivity index (χ1) is 18.4. The van der Waals surface area contributed by atoms with E-state index in [9.17, 15) is 35.9 Å². The van der Waals surface area contributed by atoms with E-state index in [4.69, 9.17) is 5.73 Å². The van der Waals surface area contributed by atoms with E-state index < -0.39 is 53.6 Å². The molecule has 0 spiro atoms. The molecule has 2 amide bonds. The molecule has 0 saturated carbocycles. The summed E-state index contributed by atoms with van der Waals surface area (Å²) in [7, 11) is 0. The third-order valence-corrected chi connectivity index (χ3v) is 5.81. The molecule has 39 heavy (non-hydrogen) atoms. The molecule has 0 aliphatic carbocycles. The van der Waals surface area contributed by atoms with Crippen LogP contribution in [0.25, 0.3) is 11.1 Å². The van der Waals surface area contributed by atoms with E-state index in [0.717, 1.165) is 41.2 Å². The number of carbonyl (C=O) groups excluding carboxylic acids is 2. The van der Waals surface area contributed by atoms with E-state index in [1.807, 2.05) is 0 Å². The molecule has 4 rings (SSSR count). The zero-order valence-corrected chi connectivity index (χ0v) is 20.0. The molecule has 0 bridgehead atoms. The van der Waals surface area contributed by atoms with Crippen molar-refractivity contribution in [1.29, 1.82) is 0 Å². The lowest BCUT2D eigenvalue weighted by Crippen LogP contribution is -2.33. The molecular formula is C27H20F6N4O2. The number of halogens is 6. The van der Waals surface area contributed by atoms with Crippen LogP contribution in [0.15, 0.2) is 73.2 Å². The third-order valence-electron chi connectivity index (χ3n) is 5.81. The van der Waals surface area contributed by atoms with Gasteiger partial charge in [-0.25, -0.2) is 13.2 Å². The summed E-state index contributed by atoms with van der Waals surface area (Å²) in [4.78, 5) is 28.9. The SMILES string of the molecule is NC(=O)c1cc(-c2cccnc2[C@H](Cc2cc(F)cc(F)c2)NC(=O)Cn2ccc(C(F)(F)F)c2)ccc1F. The quantitative estimate of drug-likeness (QED) is 0.298. The molecule has 2 aromatic carbocycles. The van der Waals surface area contributed by atoms with Crippen LogP contribution in [0.1, 0.15) is 33.2 Å². The van der Waals surface area contributed by atoms with E-state index in [-0.39, 0.29) is 23.2 Å². The molecule has 0 fully saturated rings. The number of nitrogens with one attached hydrogen (secondary N) is 1. The largest absolute Gasteiger partial charge is 0.417 e. The molecule has 12 heteroatoms. The Morgan fingerprint density at radius 2 is 1.72 bits per heavy atom. The summed E-state index contributed by atoms with van der Waals surface area (Å²) < 4.78 is 81.8. The minimum Gasteiger partial charge on any atom is -0.366 e.